The maximum absolute atomic E-state index is 12.5. The average Bonchev–Trinajstić information content (AvgIpc) is 2.13. The molecule has 0 aromatic heterocycles. The normalized spacial score (nSPS) is 12.3. The summed E-state index contributed by atoms with van der Waals surface area (Å²) in [5.41, 5.74) is 3.94. The van der Waals surface area contributed by atoms with Crippen molar-refractivity contribution in [3.8, 4) is 0 Å². The highest BCUT2D eigenvalue weighted by atomic mass is 19.4. The number of rotatable bonds is 1. The molecule has 6 heteroatoms. The predicted molar refractivity (Wildman–Crippen MR) is 63.1 cm³/mol. The van der Waals surface area contributed by atoms with Gasteiger partial charge >= 0.3 is 6.18 Å². The molecule has 1 aromatic carbocycles. The molecule has 3 nitrogen and oxygen atoms in total. The summed E-state index contributed by atoms with van der Waals surface area (Å²) in [6, 6.07) is 2.69. The van der Waals surface area contributed by atoms with Gasteiger partial charge in [-0.2, -0.15) is 13.2 Å². The molecule has 0 aliphatic rings. The second-order valence-corrected chi connectivity index (χ2v) is 5.00. The summed E-state index contributed by atoms with van der Waals surface area (Å²) in [5, 5.41) is 2.57. The van der Waals surface area contributed by atoms with Gasteiger partial charge in [-0.25, -0.2) is 0 Å². The Balaban J connectivity index is 3.13. The third-order valence-electron chi connectivity index (χ3n) is 2.11. The van der Waals surface area contributed by atoms with E-state index in [9.17, 15) is 18.0 Å². The lowest BCUT2D eigenvalue weighted by atomic mass is 10.0. The average molecular weight is 260 g/mol. The number of anilines is 1. The number of nitrogens with one attached hydrogen (secondary N) is 1. The minimum Gasteiger partial charge on any atom is -0.398 e. The highest BCUT2D eigenvalue weighted by molar-refractivity contribution is 5.99. The van der Waals surface area contributed by atoms with Gasteiger partial charge < -0.3 is 11.1 Å². The molecular formula is C12H15F3N2O. The van der Waals surface area contributed by atoms with Crippen molar-refractivity contribution < 1.29 is 18.0 Å². The summed E-state index contributed by atoms with van der Waals surface area (Å²) in [6.07, 6.45) is -4.50. The lowest BCUT2D eigenvalue weighted by Crippen LogP contribution is -2.40. The molecule has 3 N–H and O–H groups in total. The monoisotopic (exact) mass is 260 g/mol. The van der Waals surface area contributed by atoms with Crippen LogP contribution in [-0.4, -0.2) is 11.4 Å². The van der Waals surface area contributed by atoms with Gasteiger partial charge in [-0.05, 0) is 39.0 Å². The molecule has 1 rings (SSSR count). The lowest BCUT2D eigenvalue weighted by Gasteiger charge is -2.21. The van der Waals surface area contributed by atoms with Gasteiger partial charge in [0.2, 0.25) is 0 Å². The Morgan fingerprint density at radius 2 is 1.78 bits per heavy atom. The van der Waals surface area contributed by atoms with Crippen molar-refractivity contribution in [2.45, 2.75) is 32.5 Å². The van der Waals surface area contributed by atoms with E-state index in [4.69, 9.17) is 5.73 Å². The van der Waals surface area contributed by atoms with E-state index < -0.39 is 23.2 Å². The zero-order valence-corrected chi connectivity index (χ0v) is 10.4. The quantitative estimate of drug-likeness (QED) is 0.763. The molecule has 0 fully saturated rings. The fraction of sp³-hybridized carbons (Fsp3) is 0.417. The topological polar surface area (TPSA) is 55.1 Å². The number of carbonyl (C=O) groups is 1. The van der Waals surface area contributed by atoms with Crippen molar-refractivity contribution >= 4 is 11.6 Å². The number of amides is 1. The van der Waals surface area contributed by atoms with Gasteiger partial charge in [0.05, 0.1) is 11.1 Å². The molecule has 0 unspecified atom stereocenters. The Labute approximate surface area is 103 Å². The lowest BCUT2D eigenvalue weighted by molar-refractivity contribution is -0.137. The van der Waals surface area contributed by atoms with Crippen LogP contribution in [0.15, 0.2) is 18.2 Å². The van der Waals surface area contributed by atoms with Crippen LogP contribution >= 0.6 is 0 Å². The Kier molecular flexibility index (Phi) is 3.59. The van der Waals surface area contributed by atoms with Crippen LogP contribution in [0.1, 0.15) is 36.7 Å². The van der Waals surface area contributed by atoms with Crippen LogP contribution in [0, 0.1) is 0 Å². The molecule has 0 bridgehead atoms. The standard InChI is InChI=1S/C12H15F3N2O/c1-11(2,3)17-10(18)8-6-7(12(13,14)15)4-5-9(8)16/h4-6H,16H2,1-3H3,(H,17,18). The van der Waals surface area contributed by atoms with Crippen molar-refractivity contribution in [1.82, 2.24) is 5.32 Å². The summed E-state index contributed by atoms with van der Waals surface area (Å²) in [5.74, 6) is -0.619. The van der Waals surface area contributed by atoms with Crippen LogP contribution in [0.3, 0.4) is 0 Å². The molecule has 0 spiro atoms. The number of carbonyl (C=O) groups excluding carboxylic acids is 1. The van der Waals surface area contributed by atoms with Gasteiger partial charge in [0.25, 0.3) is 5.91 Å². The zero-order valence-electron chi connectivity index (χ0n) is 10.4. The number of nitrogen functional groups attached to an aromatic ring is 1. The van der Waals surface area contributed by atoms with E-state index in [1.165, 1.54) is 0 Å². The van der Waals surface area contributed by atoms with Gasteiger partial charge in [-0.15, -0.1) is 0 Å². The molecule has 0 saturated heterocycles. The van der Waals surface area contributed by atoms with Crippen LogP contribution in [0.4, 0.5) is 18.9 Å². The van der Waals surface area contributed by atoms with Crippen LogP contribution in [0.5, 0.6) is 0 Å². The fourth-order valence-corrected chi connectivity index (χ4v) is 1.34. The summed E-state index contributed by atoms with van der Waals surface area (Å²) in [6.45, 7) is 5.19. The molecule has 1 aromatic rings. The van der Waals surface area contributed by atoms with E-state index in [-0.39, 0.29) is 11.3 Å². The summed E-state index contributed by atoms with van der Waals surface area (Å²) in [4.78, 5) is 11.8. The van der Waals surface area contributed by atoms with Gasteiger partial charge in [-0.1, -0.05) is 0 Å². The Hall–Kier alpha value is -1.72. The van der Waals surface area contributed by atoms with Crippen LogP contribution < -0.4 is 11.1 Å². The van der Waals surface area contributed by atoms with Crippen molar-refractivity contribution in [3.63, 3.8) is 0 Å². The van der Waals surface area contributed by atoms with E-state index in [1.807, 2.05) is 0 Å². The van der Waals surface area contributed by atoms with Gasteiger partial charge in [0, 0.05) is 11.2 Å². The van der Waals surface area contributed by atoms with Gasteiger partial charge in [-0.3, -0.25) is 4.79 Å². The molecule has 18 heavy (non-hydrogen) atoms. The first-order valence-corrected chi connectivity index (χ1v) is 5.30. The number of nitrogens with two attached hydrogens (primary N) is 1. The first kappa shape index (κ1) is 14.3. The van der Waals surface area contributed by atoms with Crippen molar-refractivity contribution in [1.29, 1.82) is 0 Å². The smallest absolute Gasteiger partial charge is 0.398 e. The summed E-state index contributed by atoms with van der Waals surface area (Å²) >= 11 is 0. The summed E-state index contributed by atoms with van der Waals surface area (Å²) < 4.78 is 37.6. The molecule has 0 saturated carbocycles. The maximum Gasteiger partial charge on any atom is 0.416 e. The second kappa shape index (κ2) is 4.51. The summed E-state index contributed by atoms with van der Waals surface area (Å²) in [7, 11) is 0. The molecule has 0 radical (unpaired) electrons. The molecule has 100 valence electrons. The Morgan fingerprint density at radius 3 is 2.22 bits per heavy atom. The maximum atomic E-state index is 12.5. The number of hydrogen-bond donors (Lipinski definition) is 2. The number of alkyl halides is 3. The van der Waals surface area contributed by atoms with E-state index in [2.05, 4.69) is 5.32 Å². The van der Waals surface area contributed by atoms with Crippen LogP contribution in [0.2, 0.25) is 0 Å². The largest absolute Gasteiger partial charge is 0.416 e. The van der Waals surface area contributed by atoms with E-state index in [1.54, 1.807) is 20.8 Å². The van der Waals surface area contributed by atoms with Crippen molar-refractivity contribution in [2.24, 2.45) is 0 Å². The third kappa shape index (κ3) is 3.65. The Morgan fingerprint density at radius 1 is 1.22 bits per heavy atom. The number of benzene rings is 1. The zero-order chi connectivity index (χ0) is 14.1. The number of halogens is 3. The van der Waals surface area contributed by atoms with Crippen molar-refractivity contribution in [3.05, 3.63) is 29.3 Å². The van der Waals surface area contributed by atoms with Crippen LogP contribution in [-0.2, 0) is 6.18 Å². The first-order chi connectivity index (χ1) is 8.00. The van der Waals surface area contributed by atoms with E-state index in [0.717, 1.165) is 18.2 Å². The molecule has 1 amide bonds. The van der Waals surface area contributed by atoms with Gasteiger partial charge in [0.15, 0.2) is 0 Å². The van der Waals surface area contributed by atoms with Gasteiger partial charge in [0.1, 0.15) is 0 Å². The molecule has 0 atom stereocenters. The van der Waals surface area contributed by atoms with Crippen molar-refractivity contribution in [2.75, 3.05) is 5.73 Å². The van der Waals surface area contributed by atoms with E-state index >= 15 is 0 Å². The molecule has 0 aliphatic heterocycles. The number of hydrogen-bond acceptors (Lipinski definition) is 2. The fourth-order valence-electron chi connectivity index (χ4n) is 1.34. The molecular weight excluding hydrogens is 245 g/mol. The highest BCUT2D eigenvalue weighted by Crippen LogP contribution is 2.31. The minimum absolute atomic E-state index is 0.0183. The first-order valence-electron chi connectivity index (χ1n) is 5.30. The molecule has 0 aliphatic carbocycles. The SMILES string of the molecule is CC(C)(C)NC(=O)c1cc(C(F)(F)F)ccc1N. The van der Waals surface area contributed by atoms with E-state index in [0.29, 0.717) is 0 Å². The predicted octanol–water partition coefficient (Wildman–Crippen LogP) is 2.82. The second-order valence-electron chi connectivity index (χ2n) is 5.00. The Bertz CT molecular complexity index is 461. The highest BCUT2D eigenvalue weighted by Gasteiger charge is 2.31. The van der Waals surface area contributed by atoms with Crippen LogP contribution in [0.25, 0.3) is 0 Å². The third-order valence-corrected chi connectivity index (χ3v) is 2.11. The minimum atomic E-state index is -4.50. The molecule has 0 heterocycles.